The van der Waals surface area contributed by atoms with Crippen LogP contribution in [0.15, 0.2) is 118 Å². The van der Waals surface area contributed by atoms with Crippen molar-refractivity contribution >= 4 is 11.1 Å². The zero-order valence-electron chi connectivity index (χ0n) is 29.6. The van der Waals surface area contributed by atoms with Crippen molar-refractivity contribution in [2.24, 2.45) is 35.5 Å². The molecule has 8 aliphatic carbocycles. The van der Waals surface area contributed by atoms with Crippen LogP contribution in [0.25, 0.3) is 11.1 Å². The quantitative estimate of drug-likeness (QED) is 0.321. The monoisotopic (exact) mass is 645 g/mol. The van der Waals surface area contributed by atoms with Gasteiger partial charge in [-0.15, -0.1) is 0 Å². The molecule has 49 heavy (non-hydrogen) atoms. The maximum absolute atomic E-state index is 4.19. The topological polar surface area (TPSA) is 12.0 Å². The number of rotatable bonds is 4. The molecule has 1 N–H and O–H groups in total. The Morgan fingerprint density at radius 3 is 2.41 bits per heavy atom. The van der Waals surface area contributed by atoms with Gasteiger partial charge in [-0.05, 0) is 170 Å². The number of hydrogen-bond donors (Lipinski definition) is 1. The van der Waals surface area contributed by atoms with Crippen LogP contribution in [0.5, 0.6) is 0 Å². The zero-order chi connectivity index (χ0) is 32.3. The third-order valence-electron chi connectivity index (χ3n) is 14.4. The largest absolute Gasteiger partial charge is 0.384 e. The summed E-state index contributed by atoms with van der Waals surface area (Å²) < 4.78 is 0. The molecule has 1 nitrogen and oxygen atoms in total. The van der Waals surface area contributed by atoms with E-state index in [0.717, 1.165) is 17.8 Å². The average Bonchev–Trinajstić information content (AvgIpc) is 3.56. The first-order valence-corrected chi connectivity index (χ1v) is 20.5. The second-order valence-electron chi connectivity index (χ2n) is 16.8. The van der Waals surface area contributed by atoms with Crippen LogP contribution >= 0.6 is 0 Å². The summed E-state index contributed by atoms with van der Waals surface area (Å²) in [6.07, 6.45) is 44.9. The van der Waals surface area contributed by atoms with Gasteiger partial charge in [-0.25, -0.2) is 0 Å². The van der Waals surface area contributed by atoms with Gasteiger partial charge >= 0.3 is 0 Å². The van der Waals surface area contributed by atoms with Crippen molar-refractivity contribution in [3.8, 4) is 0 Å². The van der Waals surface area contributed by atoms with E-state index in [2.05, 4.69) is 84.3 Å². The highest BCUT2D eigenvalue weighted by Crippen LogP contribution is 2.58. The number of hydrogen-bond acceptors (Lipinski definition) is 1. The summed E-state index contributed by atoms with van der Waals surface area (Å²) in [5, 5.41) is 4.19. The van der Waals surface area contributed by atoms with E-state index in [1.807, 2.05) is 5.57 Å². The van der Waals surface area contributed by atoms with Crippen molar-refractivity contribution in [2.45, 2.75) is 115 Å². The predicted molar refractivity (Wildman–Crippen MR) is 205 cm³/mol. The first kappa shape index (κ1) is 30.5. The summed E-state index contributed by atoms with van der Waals surface area (Å²) in [7, 11) is 0. The van der Waals surface area contributed by atoms with Crippen molar-refractivity contribution in [3.63, 3.8) is 0 Å². The summed E-state index contributed by atoms with van der Waals surface area (Å²) >= 11 is 0. The van der Waals surface area contributed by atoms with Gasteiger partial charge in [0.25, 0.3) is 0 Å². The van der Waals surface area contributed by atoms with Crippen LogP contribution in [0, 0.1) is 35.5 Å². The molecule has 0 spiro atoms. The summed E-state index contributed by atoms with van der Waals surface area (Å²) in [5.74, 6) is 3.96. The molecular formula is C48H55N. The lowest BCUT2D eigenvalue weighted by atomic mass is 9.56. The molecule has 1 heterocycles. The molecule has 0 aromatic heterocycles. The third kappa shape index (κ3) is 5.07. The Bertz CT molecular complexity index is 1810. The third-order valence-corrected chi connectivity index (χ3v) is 14.4. The first-order chi connectivity index (χ1) is 24.3. The molecule has 9 aliphatic rings. The molecule has 2 fully saturated rings. The Morgan fingerprint density at radius 2 is 1.43 bits per heavy atom. The molecule has 6 unspecified atom stereocenters. The fraction of sp³-hybridized carbons (Fsp3) is 0.500. The Morgan fingerprint density at radius 1 is 0.592 bits per heavy atom. The minimum atomic E-state index is 0.493. The molecule has 0 radical (unpaired) electrons. The molecule has 10 rings (SSSR count). The van der Waals surface area contributed by atoms with Crippen molar-refractivity contribution in [3.05, 3.63) is 129 Å². The maximum atomic E-state index is 4.19. The van der Waals surface area contributed by atoms with Crippen LogP contribution in [0.4, 0.5) is 0 Å². The molecule has 7 atom stereocenters. The van der Waals surface area contributed by atoms with Gasteiger partial charge in [0.1, 0.15) is 0 Å². The van der Waals surface area contributed by atoms with E-state index < -0.39 is 0 Å². The lowest BCUT2D eigenvalue weighted by Crippen LogP contribution is -2.45. The second-order valence-corrected chi connectivity index (χ2v) is 16.8. The average molecular weight is 646 g/mol. The molecule has 1 aromatic carbocycles. The number of allylic oxidation sites excluding steroid dienone is 16. The molecule has 1 heteroatoms. The van der Waals surface area contributed by atoms with Crippen LogP contribution in [0.1, 0.15) is 120 Å². The number of nitrogens with one attached hydrogen (secondary N) is 1. The fourth-order valence-corrected chi connectivity index (χ4v) is 12.5. The van der Waals surface area contributed by atoms with Gasteiger partial charge in [0.2, 0.25) is 0 Å². The van der Waals surface area contributed by atoms with Gasteiger partial charge in [0, 0.05) is 23.6 Å². The van der Waals surface area contributed by atoms with Crippen molar-refractivity contribution in [1.29, 1.82) is 0 Å². The van der Waals surface area contributed by atoms with Crippen LogP contribution in [0.3, 0.4) is 0 Å². The van der Waals surface area contributed by atoms with Gasteiger partial charge in [0.05, 0.1) is 0 Å². The number of fused-ring (bicyclic) bond motifs is 5. The SMILES string of the molecule is C1=CC2=C(CC1)NC1C(C3CCCCC3C3=C4CCC=CC4=C(c4ccccc4C4=C5CCCCC5=CCC4)C4C=CCCC34)CC=C[C@H]21. The van der Waals surface area contributed by atoms with Crippen molar-refractivity contribution in [1.82, 2.24) is 5.32 Å². The molecule has 252 valence electrons. The number of benzene rings is 1. The van der Waals surface area contributed by atoms with E-state index in [-0.39, 0.29) is 0 Å². The smallest absolute Gasteiger partial charge is 0.0396 e. The molecule has 0 amide bonds. The zero-order valence-corrected chi connectivity index (χ0v) is 29.6. The van der Waals surface area contributed by atoms with E-state index in [1.165, 1.54) is 109 Å². The van der Waals surface area contributed by atoms with E-state index >= 15 is 0 Å². The highest BCUT2D eigenvalue weighted by atomic mass is 15.0. The van der Waals surface area contributed by atoms with E-state index in [0.29, 0.717) is 23.8 Å². The summed E-state index contributed by atoms with van der Waals surface area (Å²) in [6.45, 7) is 0. The van der Waals surface area contributed by atoms with Gasteiger partial charge in [-0.1, -0.05) is 97.4 Å². The van der Waals surface area contributed by atoms with Crippen LogP contribution in [-0.4, -0.2) is 6.04 Å². The summed E-state index contributed by atoms with van der Waals surface area (Å²) in [4.78, 5) is 0. The van der Waals surface area contributed by atoms with Gasteiger partial charge in [-0.2, -0.15) is 0 Å². The molecule has 1 aromatic rings. The Kier molecular flexibility index (Phi) is 7.95. The van der Waals surface area contributed by atoms with Crippen molar-refractivity contribution < 1.29 is 0 Å². The molecule has 0 saturated heterocycles. The van der Waals surface area contributed by atoms with E-state index in [4.69, 9.17) is 0 Å². The van der Waals surface area contributed by atoms with Gasteiger partial charge in [0.15, 0.2) is 0 Å². The fourth-order valence-electron chi connectivity index (χ4n) is 12.5. The van der Waals surface area contributed by atoms with E-state index in [1.54, 1.807) is 55.8 Å². The Balaban J connectivity index is 1.10. The summed E-state index contributed by atoms with van der Waals surface area (Å²) in [5.41, 5.74) is 18.3. The molecular weight excluding hydrogens is 591 g/mol. The lowest BCUT2D eigenvalue weighted by Gasteiger charge is -2.49. The Hall–Kier alpha value is -3.32. The second kappa shape index (κ2) is 12.8. The lowest BCUT2D eigenvalue weighted by molar-refractivity contribution is 0.132. The van der Waals surface area contributed by atoms with Crippen LogP contribution in [0.2, 0.25) is 0 Å². The minimum absolute atomic E-state index is 0.493. The molecule has 0 bridgehead atoms. The molecule has 2 saturated carbocycles. The minimum Gasteiger partial charge on any atom is -0.384 e. The summed E-state index contributed by atoms with van der Waals surface area (Å²) in [6, 6.07) is 10.3. The van der Waals surface area contributed by atoms with E-state index in [9.17, 15) is 0 Å². The van der Waals surface area contributed by atoms with Crippen LogP contribution in [-0.2, 0) is 0 Å². The molecule has 1 aliphatic heterocycles. The normalized spacial score (nSPS) is 35.0. The predicted octanol–water partition coefficient (Wildman–Crippen LogP) is 12.3. The standard InChI is InChI=1S/C48H55N/c1-2-17-32-31(15-1)16-13-27-33(32)34-18-3-5-21-37(34)46-39-23-7-9-25-41(39)47(42-26-10-8-24-40(42)46)38-22-6-4-19-35(38)43-28-14-29-44-36-20-11-12-30-45(36)49-48(43)44/h3,5,7-8,11,14,16,18,20-21,23-24,29,35,38-39,41,43-44,48-49H,1-2,4,6,9-10,12-13,15,17,19,22,25-28,30H2/t35?,38?,39?,41?,43?,44-,48?/m1/s1. The highest BCUT2D eigenvalue weighted by Gasteiger charge is 2.48. The highest BCUT2D eigenvalue weighted by molar-refractivity contribution is 5.89. The van der Waals surface area contributed by atoms with Gasteiger partial charge < -0.3 is 5.32 Å². The van der Waals surface area contributed by atoms with Gasteiger partial charge in [-0.3, -0.25) is 0 Å². The Labute approximate surface area is 295 Å². The first-order valence-electron chi connectivity index (χ1n) is 20.5. The maximum Gasteiger partial charge on any atom is 0.0396 e. The van der Waals surface area contributed by atoms with Crippen molar-refractivity contribution in [2.75, 3.05) is 0 Å². The van der Waals surface area contributed by atoms with Crippen LogP contribution < -0.4 is 5.32 Å².